The number of sulfonamides is 1. The van der Waals surface area contributed by atoms with Crippen LogP contribution in [0.5, 0.6) is 0 Å². The number of fused-ring (bicyclic) bond motifs is 4. The molecule has 1 aliphatic carbocycles. The third-order valence-corrected chi connectivity index (χ3v) is 7.74. The van der Waals surface area contributed by atoms with Gasteiger partial charge in [0.1, 0.15) is 5.82 Å². The molecule has 2 atom stereocenters. The van der Waals surface area contributed by atoms with Gasteiger partial charge in [-0.3, -0.25) is 14.4 Å². The highest BCUT2D eigenvalue weighted by atomic mass is 32.2. The molecule has 4 rings (SSSR count). The first-order chi connectivity index (χ1) is 13.8. The number of hydrogen-bond acceptors (Lipinski definition) is 4. The van der Waals surface area contributed by atoms with E-state index in [4.69, 9.17) is 0 Å². The molecule has 0 aromatic heterocycles. The summed E-state index contributed by atoms with van der Waals surface area (Å²) >= 11 is 0. The molecular formula is C21H30FN3O3S. The Morgan fingerprint density at radius 3 is 2.76 bits per heavy atom. The Kier molecular flexibility index (Phi) is 5.84. The number of piperazine rings is 1. The minimum Gasteiger partial charge on any atom is -0.337 e. The molecule has 0 spiro atoms. The molecule has 8 heteroatoms. The van der Waals surface area contributed by atoms with Crippen molar-refractivity contribution in [2.24, 2.45) is 5.92 Å². The van der Waals surface area contributed by atoms with E-state index in [0.29, 0.717) is 37.5 Å². The fourth-order valence-corrected chi connectivity index (χ4v) is 5.70. The zero-order valence-corrected chi connectivity index (χ0v) is 17.8. The first kappa shape index (κ1) is 20.6. The summed E-state index contributed by atoms with van der Waals surface area (Å²) in [7, 11) is -3.53. The van der Waals surface area contributed by atoms with Crippen molar-refractivity contribution in [1.29, 1.82) is 0 Å². The molecule has 4 bridgehead atoms. The molecule has 160 valence electrons. The molecule has 6 nitrogen and oxygen atoms in total. The molecule has 2 fully saturated rings. The minimum absolute atomic E-state index is 0.00470. The summed E-state index contributed by atoms with van der Waals surface area (Å²) in [5.74, 6) is 0.359. The number of nitrogens with zero attached hydrogens (tertiary/aromatic N) is 2. The van der Waals surface area contributed by atoms with Gasteiger partial charge in [-0.1, -0.05) is 6.42 Å². The maximum Gasteiger partial charge on any atom is 0.232 e. The van der Waals surface area contributed by atoms with E-state index in [-0.39, 0.29) is 17.7 Å². The number of rotatable bonds is 2. The van der Waals surface area contributed by atoms with Crippen LogP contribution in [0.2, 0.25) is 0 Å². The topological polar surface area (TPSA) is 69.7 Å². The maximum absolute atomic E-state index is 14.2. The van der Waals surface area contributed by atoms with Gasteiger partial charge in [0.05, 0.1) is 11.4 Å². The average Bonchev–Trinajstić information content (AvgIpc) is 3.46. The average molecular weight is 424 g/mol. The van der Waals surface area contributed by atoms with Gasteiger partial charge in [-0.25, -0.2) is 12.8 Å². The second kappa shape index (κ2) is 8.22. The second-order valence-electron chi connectivity index (χ2n) is 8.78. The van der Waals surface area contributed by atoms with Crippen LogP contribution in [-0.4, -0.2) is 55.6 Å². The van der Waals surface area contributed by atoms with Crippen LogP contribution in [0, 0.1) is 18.7 Å². The highest BCUT2D eigenvalue weighted by molar-refractivity contribution is 7.92. The number of anilines is 1. The zero-order valence-electron chi connectivity index (χ0n) is 17.0. The van der Waals surface area contributed by atoms with Gasteiger partial charge in [-0.15, -0.1) is 0 Å². The third-order valence-electron chi connectivity index (χ3n) is 6.39. The molecular weight excluding hydrogens is 393 g/mol. The van der Waals surface area contributed by atoms with Crippen molar-refractivity contribution in [3.63, 3.8) is 0 Å². The number of carbonyl (C=O) groups is 1. The van der Waals surface area contributed by atoms with Gasteiger partial charge in [0.15, 0.2) is 0 Å². The van der Waals surface area contributed by atoms with Crippen LogP contribution in [-0.2, 0) is 21.4 Å². The highest BCUT2D eigenvalue weighted by Crippen LogP contribution is 2.34. The number of halogens is 1. The van der Waals surface area contributed by atoms with E-state index in [9.17, 15) is 17.6 Å². The molecule has 1 saturated carbocycles. The summed E-state index contributed by atoms with van der Waals surface area (Å²) in [6.07, 6.45) is 5.02. The van der Waals surface area contributed by atoms with Crippen LogP contribution in [0.25, 0.3) is 0 Å². The van der Waals surface area contributed by atoms with Gasteiger partial charge >= 0.3 is 0 Å². The Morgan fingerprint density at radius 2 is 2.00 bits per heavy atom. The molecule has 0 radical (unpaired) electrons. The summed E-state index contributed by atoms with van der Waals surface area (Å²) in [5, 5.41) is 0. The number of nitrogens with one attached hydrogen (secondary N) is 1. The summed E-state index contributed by atoms with van der Waals surface area (Å²) in [6, 6.07) is 2.85. The van der Waals surface area contributed by atoms with Crippen LogP contribution in [0.4, 0.5) is 10.1 Å². The van der Waals surface area contributed by atoms with Gasteiger partial charge in [0, 0.05) is 38.6 Å². The molecule has 2 unspecified atom stereocenters. The Hall–Kier alpha value is -1.67. The van der Waals surface area contributed by atoms with Crippen molar-refractivity contribution in [3.05, 3.63) is 29.1 Å². The third kappa shape index (κ3) is 5.09. The second-order valence-corrected chi connectivity index (χ2v) is 10.6. The predicted octanol–water partition coefficient (Wildman–Crippen LogP) is 2.87. The lowest BCUT2D eigenvalue weighted by Gasteiger charge is -2.42. The maximum atomic E-state index is 14.2. The number of benzene rings is 1. The summed E-state index contributed by atoms with van der Waals surface area (Å²) in [5.41, 5.74) is 1.88. The molecule has 2 aliphatic heterocycles. The van der Waals surface area contributed by atoms with Crippen LogP contribution in [0.3, 0.4) is 0 Å². The number of hydrogen-bond donors (Lipinski definition) is 1. The van der Waals surface area contributed by atoms with E-state index in [2.05, 4.69) is 9.62 Å². The monoisotopic (exact) mass is 423 g/mol. The normalized spacial score (nSPS) is 27.2. The van der Waals surface area contributed by atoms with E-state index in [1.807, 2.05) is 11.8 Å². The first-order valence-electron chi connectivity index (χ1n) is 10.6. The minimum atomic E-state index is -3.53. The molecule has 1 amide bonds. The van der Waals surface area contributed by atoms with E-state index in [1.54, 1.807) is 0 Å². The Bertz CT molecular complexity index is 885. The number of carbonyl (C=O) groups excluding carboxylic acids is 1. The Morgan fingerprint density at radius 1 is 1.21 bits per heavy atom. The van der Waals surface area contributed by atoms with Crippen molar-refractivity contribution >= 4 is 21.6 Å². The molecule has 1 N–H and O–H groups in total. The number of amides is 1. The van der Waals surface area contributed by atoms with Gasteiger partial charge in [0.2, 0.25) is 15.9 Å². The molecule has 1 aromatic rings. The Balaban J connectivity index is 1.59. The predicted molar refractivity (Wildman–Crippen MR) is 111 cm³/mol. The fraction of sp³-hybridized carbons (Fsp3) is 0.667. The lowest BCUT2D eigenvalue weighted by Crippen LogP contribution is -2.55. The van der Waals surface area contributed by atoms with Crippen LogP contribution in [0.15, 0.2) is 12.1 Å². The van der Waals surface area contributed by atoms with Crippen molar-refractivity contribution in [2.45, 2.75) is 58.0 Å². The van der Waals surface area contributed by atoms with E-state index in [1.165, 1.54) is 12.1 Å². The summed E-state index contributed by atoms with van der Waals surface area (Å²) in [6.45, 7) is 4.58. The van der Waals surface area contributed by atoms with Crippen LogP contribution >= 0.6 is 0 Å². The van der Waals surface area contributed by atoms with Crippen LogP contribution in [0.1, 0.15) is 49.7 Å². The SMILES string of the molecule is Cc1c2cc(F)cc1NS(=O)(=O)CCCCC1CN(CCN1C(=O)CC1CC1)C2. The largest absolute Gasteiger partial charge is 0.337 e. The zero-order chi connectivity index (χ0) is 20.6. The Labute approximate surface area is 172 Å². The van der Waals surface area contributed by atoms with Crippen molar-refractivity contribution in [3.8, 4) is 0 Å². The lowest BCUT2D eigenvalue weighted by molar-refractivity contribution is -0.136. The standard InChI is InChI=1S/C21H30FN3O3S/c1-15-17-11-18(22)12-20(15)23-29(27,28)9-3-2-4-19-14-24(13-17)7-8-25(19)21(26)10-16-5-6-16/h11-12,16,19,23H,2-10,13-14H2,1H3. The summed E-state index contributed by atoms with van der Waals surface area (Å²) in [4.78, 5) is 17.1. The first-order valence-corrected chi connectivity index (χ1v) is 12.3. The molecule has 1 aromatic carbocycles. The van der Waals surface area contributed by atoms with Gasteiger partial charge < -0.3 is 4.90 Å². The lowest BCUT2D eigenvalue weighted by atomic mass is 10.0. The van der Waals surface area contributed by atoms with E-state index < -0.39 is 15.8 Å². The quantitative estimate of drug-likeness (QED) is 0.794. The van der Waals surface area contributed by atoms with Gasteiger partial charge in [0.25, 0.3) is 0 Å². The molecule has 2 heterocycles. The van der Waals surface area contributed by atoms with Crippen molar-refractivity contribution < 1.29 is 17.6 Å². The van der Waals surface area contributed by atoms with Gasteiger partial charge in [-0.2, -0.15) is 0 Å². The molecule has 29 heavy (non-hydrogen) atoms. The van der Waals surface area contributed by atoms with Crippen molar-refractivity contribution in [2.75, 3.05) is 30.1 Å². The fourth-order valence-electron chi connectivity index (χ4n) is 4.46. The summed E-state index contributed by atoms with van der Waals surface area (Å²) < 4.78 is 41.7. The van der Waals surface area contributed by atoms with Crippen molar-refractivity contribution in [1.82, 2.24) is 9.80 Å². The van der Waals surface area contributed by atoms with Crippen LogP contribution < -0.4 is 4.72 Å². The van der Waals surface area contributed by atoms with E-state index in [0.717, 1.165) is 49.9 Å². The molecule has 3 aliphatic rings. The smallest absolute Gasteiger partial charge is 0.232 e. The van der Waals surface area contributed by atoms with Gasteiger partial charge in [-0.05, 0) is 61.8 Å². The molecule has 1 saturated heterocycles. The van der Waals surface area contributed by atoms with E-state index >= 15 is 0 Å². The highest BCUT2D eigenvalue weighted by Gasteiger charge is 2.34.